The topological polar surface area (TPSA) is 58.9 Å². The number of rotatable bonds is 8. The summed E-state index contributed by atoms with van der Waals surface area (Å²) >= 11 is 0. The van der Waals surface area contributed by atoms with Crippen molar-refractivity contribution in [1.82, 2.24) is 0 Å². The molecule has 0 bridgehead atoms. The molecular formula is C6H22O4Si4. The second-order valence-corrected chi connectivity index (χ2v) is 11.6. The zero-order chi connectivity index (χ0) is 11.0. The number of hydrogen-bond donors (Lipinski definition) is 2. The van der Waals surface area contributed by atoms with Crippen molar-refractivity contribution in [3.05, 3.63) is 0 Å². The average Bonchev–Trinajstić information content (AvgIpc) is 2.02. The molecule has 14 heavy (non-hydrogen) atoms. The maximum atomic E-state index is 9.52. The summed E-state index contributed by atoms with van der Waals surface area (Å²) in [5.41, 5.74) is 0. The summed E-state index contributed by atoms with van der Waals surface area (Å²) in [4.78, 5) is 18.9. The third kappa shape index (κ3) is 9.27. The van der Waals surface area contributed by atoms with Crippen LogP contribution >= 0.6 is 0 Å². The van der Waals surface area contributed by atoms with Gasteiger partial charge in [0, 0.05) is 0 Å². The van der Waals surface area contributed by atoms with Gasteiger partial charge in [-0.05, 0) is 31.6 Å². The Labute approximate surface area is 93.6 Å². The summed E-state index contributed by atoms with van der Waals surface area (Å²) in [6.07, 6.45) is 0.857. The van der Waals surface area contributed by atoms with E-state index in [1.54, 1.807) is 0 Å². The van der Waals surface area contributed by atoms with Crippen LogP contribution in [0.15, 0.2) is 0 Å². The summed E-state index contributed by atoms with van der Waals surface area (Å²) in [5.74, 6) is 0. The Balaban J connectivity index is 3.34. The summed E-state index contributed by atoms with van der Waals surface area (Å²) in [6.45, 7) is 6.14. The molecule has 0 aliphatic rings. The Morgan fingerprint density at radius 3 is 2.21 bits per heavy atom. The van der Waals surface area contributed by atoms with Gasteiger partial charge in [0.25, 0.3) is 0 Å². The van der Waals surface area contributed by atoms with E-state index in [4.69, 9.17) is 8.23 Å². The lowest BCUT2D eigenvalue weighted by Gasteiger charge is -2.13. The largest absolute Gasteiger partial charge is 0.444 e. The van der Waals surface area contributed by atoms with Crippen LogP contribution in [0.25, 0.3) is 0 Å². The van der Waals surface area contributed by atoms with Gasteiger partial charge < -0.3 is 17.8 Å². The lowest BCUT2D eigenvalue weighted by Crippen LogP contribution is -2.25. The minimum absolute atomic E-state index is 0.463. The molecule has 0 spiro atoms. The maximum absolute atomic E-state index is 9.52. The quantitative estimate of drug-likeness (QED) is 0.553. The van der Waals surface area contributed by atoms with Crippen LogP contribution in [-0.4, -0.2) is 47.0 Å². The molecule has 0 radical (unpaired) electrons. The summed E-state index contributed by atoms with van der Waals surface area (Å²) < 4.78 is 10.7. The fourth-order valence-electron chi connectivity index (χ4n) is 1.13. The lowest BCUT2D eigenvalue weighted by molar-refractivity contribution is 0.412. The van der Waals surface area contributed by atoms with Crippen LogP contribution in [0.2, 0.25) is 31.7 Å². The molecule has 4 nitrogen and oxygen atoms in total. The van der Waals surface area contributed by atoms with Gasteiger partial charge in [-0.1, -0.05) is 6.55 Å². The highest BCUT2D eigenvalue weighted by Gasteiger charge is 2.12. The molecule has 2 unspecified atom stereocenters. The van der Waals surface area contributed by atoms with E-state index in [-0.39, 0.29) is 0 Å². The molecule has 2 atom stereocenters. The predicted molar refractivity (Wildman–Crippen MR) is 68.4 cm³/mol. The van der Waals surface area contributed by atoms with Crippen molar-refractivity contribution in [2.75, 3.05) is 0 Å². The maximum Gasteiger partial charge on any atom is 0.308 e. The molecule has 0 heterocycles. The minimum Gasteiger partial charge on any atom is -0.444 e. The van der Waals surface area contributed by atoms with E-state index in [0.29, 0.717) is 0 Å². The summed E-state index contributed by atoms with van der Waals surface area (Å²) in [5, 5.41) is 0. The van der Waals surface area contributed by atoms with E-state index >= 15 is 0 Å². The molecule has 8 heteroatoms. The molecule has 2 N–H and O–H groups in total. The standard InChI is InChI=1S/C6H22O4Si4/c1-11-9-13(7)5-4-6-14(8)10-12(2)3/h7-8,12-14H,4-6,11H2,1-3H3. The second kappa shape index (κ2) is 8.97. The van der Waals surface area contributed by atoms with Crippen LogP contribution in [0.5, 0.6) is 0 Å². The third-order valence-corrected chi connectivity index (χ3v) is 9.80. The SMILES string of the molecule is C[SiH2]O[SiH](O)CCC[SiH](O)O[SiH](C)C. The van der Waals surface area contributed by atoms with E-state index in [1.807, 2.05) is 6.55 Å². The molecule has 86 valence electrons. The van der Waals surface area contributed by atoms with E-state index < -0.39 is 37.4 Å². The Hall–Kier alpha value is 0.708. The first kappa shape index (κ1) is 14.7. The van der Waals surface area contributed by atoms with Gasteiger partial charge in [-0.2, -0.15) is 0 Å². The molecule has 0 fully saturated rings. The van der Waals surface area contributed by atoms with Crippen LogP contribution in [0.3, 0.4) is 0 Å². The first-order chi connectivity index (χ1) is 6.56. The molecule has 0 amide bonds. The van der Waals surface area contributed by atoms with Gasteiger partial charge in [-0.3, -0.25) is 0 Å². The van der Waals surface area contributed by atoms with E-state index in [1.165, 1.54) is 0 Å². The molecule has 0 aromatic heterocycles. The van der Waals surface area contributed by atoms with Crippen molar-refractivity contribution in [2.24, 2.45) is 0 Å². The van der Waals surface area contributed by atoms with Crippen molar-refractivity contribution in [3.63, 3.8) is 0 Å². The summed E-state index contributed by atoms with van der Waals surface area (Å²) in [7, 11) is -5.31. The molecule has 0 rings (SSSR count). The van der Waals surface area contributed by atoms with Gasteiger partial charge in [0.15, 0.2) is 9.04 Å². The summed E-state index contributed by atoms with van der Waals surface area (Å²) in [6, 6.07) is 1.51. The molecule has 0 aliphatic carbocycles. The van der Waals surface area contributed by atoms with E-state index in [0.717, 1.165) is 18.5 Å². The highest BCUT2D eigenvalue weighted by Crippen LogP contribution is 2.05. The van der Waals surface area contributed by atoms with Crippen molar-refractivity contribution in [1.29, 1.82) is 0 Å². The first-order valence-corrected chi connectivity index (χ1v) is 13.6. The van der Waals surface area contributed by atoms with Gasteiger partial charge in [-0.15, -0.1) is 0 Å². The Morgan fingerprint density at radius 1 is 1.14 bits per heavy atom. The minimum atomic E-state index is -1.91. The van der Waals surface area contributed by atoms with Gasteiger partial charge in [0.2, 0.25) is 0 Å². The molecule has 0 saturated carbocycles. The van der Waals surface area contributed by atoms with Crippen LogP contribution < -0.4 is 0 Å². The van der Waals surface area contributed by atoms with Crippen LogP contribution in [0.1, 0.15) is 6.42 Å². The number of hydrogen-bond acceptors (Lipinski definition) is 4. The smallest absolute Gasteiger partial charge is 0.308 e. The monoisotopic (exact) mass is 270 g/mol. The average molecular weight is 271 g/mol. The van der Waals surface area contributed by atoms with Crippen LogP contribution in [0, 0.1) is 0 Å². The molecule has 0 aromatic rings. The third-order valence-electron chi connectivity index (χ3n) is 1.69. The normalized spacial score (nSPS) is 16.7. The van der Waals surface area contributed by atoms with Crippen LogP contribution in [-0.2, 0) is 8.23 Å². The Kier molecular flexibility index (Phi) is 9.42. The molecule has 0 aromatic carbocycles. The van der Waals surface area contributed by atoms with Gasteiger partial charge in [-0.25, -0.2) is 0 Å². The predicted octanol–water partition coefficient (Wildman–Crippen LogP) is -1.05. The lowest BCUT2D eigenvalue weighted by atomic mass is 10.6. The molecule has 0 saturated heterocycles. The van der Waals surface area contributed by atoms with Crippen molar-refractivity contribution < 1.29 is 17.8 Å². The van der Waals surface area contributed by atoms with Crippen LogP contribution in [0.4, 0.5) is 0 Å². The highest BCUT2D eigenvalue weighted by molar-refractivity contribution is 6.60. The molecule has 0 aliphatic heterocycles. The Morgan fingerprint density at radius 2 is 1.71 bits per heavy atom. The zero-order valence-electron chi connectivity index (χ0n) is 9.27. The van der Waals surface area contributed by atoms with E-state index in [2.05, 4.69) is 13.1 Å². The highest BCUT2D eigenvalue weighted by atomic mass is 28.4. The molecular weight excluding hydrogens is 248 g/mol. The second-order valence-electron chi connectivity index (χ2n) is 3.48. The van der Waals surface area contributed by atoms with E-state index in [9.17, 15) is 9.59 Å². The van der Waals surface area contributed by atoms with Gasteiger partial charge in [0.1, 0.15) is 9.76 Å². The Bertz CT molecular complexity index is 137. The van der Waals surface area contributed by atoms with Gasteiger partial charge in [0.05, 0.1) is 0 Å². The zero-order valence-corrected chi connectivity index (χ0v) is 14.1. The fraction of sp³-hybridized carbons (Fsp3) is 1.00. The first-order valence-electron chi connectivity index (χ1n) is 5.19. The van der Waals surface area contributed by atoms with Crippen molar-refractivity contribution in [2.45, 2.75) is 38.2 Å². The van der Waals surface area contributed by atoms with Crippen molar-refractivity contribution >= 4 is 37.4 Å². The van der Waals surface area contributed by atoms with Crippen molar-refractivity contribution in [3.8, 4) is 0 Å². The van der Waals surface area contributed by atoms with Gasteiger partial charge >= 0.3 is 18.6 Å². The fourth-order valence-corrected chi connectivity index (χ4v) is 8.03.